The van der Waals surface area contributed by atoms with Crippen LogP contribution in [-0.4, -0.2) is 26.2 Å². The van der Waals surface area contributed by atoms with Crippen molar-refractivity contribution in [1.82, 2.24) is 4.72 Å². The molecular weight excluding hydrogens is 259 g/mol. The number of aliphatic hydroxyl groups is 1. The zero-order valence-corrected chi connectivity index (χ0v) is 11.0. The van der Waals surface area contributed by atoms with Crippen molar-refractivity contribution in [2.45, 2.75) is 24.8 Å². The minimum Gasteiger partial charge on any atom is -0.399 e. The van der Waals surface area contributed by atoms with Gasteiger partial charge in [-0.25, -0.2) is 17.5 Å². The topological polar surface area (TPSA) is 92.4 Å². The minimum absolute atomic E-state index is 0.110. The Bertz CT molecular complexity index is 517. The highest BCUT2D eigenvalue weighted by Gasteiger charge is 2.24. The predicted octanol–water partition coefficient (Wildman–Crippen LogP) is 0.703. The zero-order chi connectivity index (χ0) is 13.9. The molecule has 0 fully saturated rings. The number of halogens is 1. The van der Waals surface area contributed by atoms with Crippen molar-refractivity contribution in [3.63, 3.8) is 0 Å². The van der Waals surface area contributed by atoms with E-state index in [1.807, 2.05) is 0 Å². The molecule has 0 saturated heterocycles. The Kier molecular flexibility index (Phi) is 4.66. The van der Waals surface area contributed by atoms with Gasteiger partial charge in [-0.15, -0.1) is 0 Å². The monoisotopic (exact) mass is 276 g/mol. The molecule has 0 heterocycles. The van der Waals surface area contributed by atoms with Crippen molar-refractivity contribution in [3.8, 4) is 0 Å². The van der Waals surface area contributed by atoms with E-state index < -0.39 is 26.8 Å². The van der Waals surface area contributed by atoms with Crippen LogP contribution in [0.3, 0.4) is 0 Å². The van der Waals surface area contributed by atoms with E-state index >= 15 is 0 Å². The van der Waals surface area contributed by atoms with E-state index in [2.05, 4.69) is 4.72 Å². The number of sulfonamides is 1. The number of nitrogens with one attached hydrogen (secondary N) is 1. The van der Waals surface area contributed by atoms with Crippen LogP contribution >= 0.6 is 0 Å². The maximum Gasteiger partial charge on any atom is 0.243 e. The number of nitrogens with two attached hydrogens (primary N) is 1. The third-order valence-corrected chi connectivity index (χ3v) is 4.08. The molecule has 18 heavy (non-hydrogen) atoms. The first-order valence-corrected chi connectivity index (χ1v) is 6.94. The van der Waals surface area contributed by atoms with Crippen LogP contribution in [0.5, 0.6) is 0 Å². The first-order chi connectivity index (χ1) is 8.27. The van der Waals surface area contributed by atoms with Crippen LogP contribution in [0.1, 0.15) is 13.8 Å². The van der Waals surface area contributed by atoms with Crippen LogP contribution < -0.4 is 10.5 Å². The molecule has 0 aromatic heterocycles. The zero-order valence-electron chi connectivity index (χ0n) is 10.2. The lowest BCUT2D eigenvalue weighted by molar-refractivity contribution is 0.227. The van der Waals surface area contributed by atoms with Gasteiger partial charge in [-0.2, -0.15) is 0 Å². The summed E-state index contributed by atoms with van der Waals surface area (Å²) >= 11 is 0. The molecule has 102 valence electrons. The summed E-state index contributed by atoms with van der Waals surface area (Å²) in [4.78, 5) is -0.476. The Morgan fingerprint density at radius 2 is 2.06 bits per heavy atom. The Balaban J connectivity index is 3.06. The summed E-state index contributed by atoms with van der Waals surface area (Å²) in [7, 11) is -4.00. The quantitative estimate of drug-likeness (QED) is 0.690. The van der Waals surface area contributed by atoms with Crippen molar-refractivity contribution < 1.29 is 17.9 Å². The van der Waals surface area contributed by atoms with Crippen molar-refractivity contribution in [3.05, 3.63) is 24.0 Å². The van der Waals surface area contributed by atoms with Crippen LogP contribution in [-0.2, 0) is 10.0 Å². The number of hydrogen-bond donors (Lipinski definition) is 3. The molecule has 1 aromatic rings. The highest BCUT2D eigenvalue weighted by atomic mass is 32.2. The molecule has 5 nitrogen and oxygen atoms in total. The smallest absolute Gasteiger partial charge is 0.243 e. The van der Waals surface area contributed by atoms with E-state index in [0.717, 1.165) is 12.1 Å². The van der Waals surface area contributed by atoms with Crippen molar-refractivity contribution in [2.75, 3.05) is 12.3 Å². The standard InChI is InChI=1S/C11H17FN2O3S/c1-7(2)10(6-15)14-18(16,17)11-4-3-8(13)5-9(11)12/h3-5,7,10,14-15H,6,13H2,1-2H3/t10-/m1/s1. The van der Waals surface area contributed by atoms with Crippen LogP contribution in [0.15, 0.2) is 23.1 Å². The molecule has 4 N–H and O–H groups in total. The fourth-order valence-corrected chi connectivity index (χ4v) is 2.82. The third-order valence-electron chi connectivity index (χ3n) is 2.55. The van der Waals surface area contributed by atoms with Crippen molar-refractivity contribution in [2.24, 2.45) is 5.92 Å². The van der Waals surface area contributed by atoms with Gasteiger partial charge in [0, 0.05) is 11.7 Å². The number of hydrogen-bond acceptors (Lipinski definition) is 4. The number of aliphatic hydroxyl groups excluding tert-OH is 1. The highest BCUT2D eigenvalue weighted by molar-refractivity contribution is 7.89. The molecule has 0 unspecified atom stereocenters. The summed E-state index contributed by atoms with van der Waals surface area (Å²) in [6.45, 7) is 3.15. The normalized spacial score (nSPS) is 13.8. The Labute approximate surface area is 106 Å². The highest BCUT2D eigenvalue weighted by Crippen LogP contribution is 2.18. The van der Waals surface area contributed by atoms with Gasteiger partial charge in [0.2, 0.25) is 10.0 Å². The van der Waals surface area contributed by atoms with Crippen LogP contribution in [0.4, 0.5) is 10.1 Å². The Hall–Kier alpha value is -1.18. The molecule has 0 aliphatic heterocycles. The molecule has 0 saturated carbocycles. The van der Waals surface area contributed by atoms with Gasteiger partial charge < -0.3 is 10.8 Å². The second-order valence-electron chi connectivity index (χ2n) is 4.34. The molecule has 7 heteroatoms. The van der Waals surface area contributed by atoms with Gasteiger partial charge in [0.15, 0.2) is 0 Å². The summed E-state index contributed by atoms with van der Waals surface area (Å²) in [6, 6.07) is 2.69. The number of anilines is 1. The largest absolute Gasteiger partial charge is 0.399 e. The average Bonchev–Trinajstić information content (AvgIpc) is 2.24. The first-order valence-electron chi connectivity index (χ1n) is 5.46. The molecule has 0 bridgehead atoms. The SMILES string of the molecule is CC(C)[C@@H](CO)NS(=O)(=O)c1ccc(N)cc1F. The summed E-state index contributed by atoms with van der Waals surface area (Å²) in [6.07, 6.45) is 0. The fraction of sp³-hybridized carbons (Fsp3) is 0.455. The maximum absolute atomic E-state index is 13.5. The average molecular weight is 276 g/mol. The number of nitrogen functional groups attached to an aromatic ring is 1. The van der Waals surface area contributed by atoms with E-state index in [-0.39, 0.29) is 18.2 Å². The molecule has 1 atom stereocenters. The minimum atomic E-state index is -4.00. The molecule has 0 spiro atoms. The van der Waals surface area contributed by atoms with Gasteiger partial charge >= 0.3 is 0 Å². The van der Waals surface area contributed by atoms with E-state index in [0.29, 0.717) is 0 Å². The second-order valence-corrected chi connectivity index (χ2v) is 6.03. The van der Waals surface area contributed by atoms with E-state index in [4.69, 9.17) is 10.8 Å². The van der Waals surface area contributed by atoms with Gasteiger partial charge in [0.05, 0.1) is 6.61 Å². The summed E-state index contributed by atoms with van der Waals surface area (Å²) in [5, 5.41) is 9.08. The lowest BCUT2D eigenvalue weighted by Crippen LogP contribution is -2.41. The molecule has 1 aromatic carbocycles. The predicted molar refractivity (Wildman–Crippen MR) is 66.8 cm³/mol. The Morgan fingerprint density at radius 3 is 2.50 bits per heavy atom. The Morgan fingerprint density at radius 1 is 1.44 bits per heavy atom. The first kappa shape index (κ1) is 14.9. The number of benzene rings is 1. The van der Waals surface area contributed by atoms with Crippen LogP contribution in [0.25, 0.3) is 0 Å². The maximum atomic E-state index is 13.5. The lowest BCUT2D eigenvalue weighted by Gasteiger charge is -2.20. The second kappa shape index (κ2) is 5.64. The summed E-state index contributed by atoms with van der Waals surface area (Å²) in [5.41, 5.74) is 5.50. The molecule has 0 amide bonds. The van der Waals surface area contributed by atoms with E-state index in [9.17, 15) is 12.8 Å². The molecule has 0 radical (unpaired) electrons. The fourth-order valence-electron chi connectivity index (χ4n) is 1.38. The summed E-state index contributed by atoms with van der Waals surface area (Å²) in [5.74, 6) is -1.02. The summed E-state index contributed by atoms with van der Waals surface area (Å²) < 4.78 is 39.7. The third kappa shape index (κ3) is 3.41. The molecule has 0 aliphatic rings. The van der Waals surface area contributed by atoms with Gasteiger partial charge in [-0.1, -0.05) is 13.8 Å². The van der Waals surface area contributed by atoms with E-state index in [1.54, 1.807) is 13.8 Å². The van der Waals surface area contributed by atoms with Gasteiger partial charge in [-0.05, 0) is 24.1 Å². The molecular formula is C11H17FN2O3S. The van der Waals surface area contributed by atoms with Crippen molar-refractivity contribution in [1.29, 1.82) is 0 Å². The van der Waals surface area contributed by atoms with E-state index in [1.165, 1.54) is 6.07 Å². The van der Waals surface area contributed by atoms with Gasteiger partial charge in [0.25, 0.3) is 0 Å². The van der Waals surface area contributed by atoms with Gasteiger partial charge in [0.1, 0.15) is 10.7 Å². The number of rotatable bonds is 5. The van der Waals surface area contributed by atoms with Crippen LogP contribution in [0.2, 0.25) is 0 Å². The van der Waals surface area contributed by atoms with Gasteiger partial charge in [-0.3, -0.25) is 0 Å². The molecule has 0 aliphatic carbocycles. The lowest BCUT2D eigenvalue weighted by atomic mass is 10.1. The van der Waals surface area contributed by atoms with Crippen LogP contribution in [0, 0.1) is 11.7 Å². The van der Waals surface area contributed by atoms with Crippen molar-refractivity contribution >= 4 is 15.7 Å². The molecule has 1 rings (SSSR count).